The molecule has 0 heterocycles. The number of rotatable bonds is 3. The average molecular weight is 274 g/mol. The molecule has 0 atom stereocenters. The molecule has 0 aromatic heterocycles. The summed E-state index contributed by atoms with van der Waals surface area (Å²) in [5.41, 5.74) is 6.84. The fourth-order valence-corrected chi connectivity index (χ4v) is 1.71. The smallest absolute Gasteiger partial charge is 0.398 e. The fraction of sp³-hybridized carbons (Fsp3) is 0.462. The minimum Gasteiger partial charge on any atom is -0.398 e. The highest BCUT2D eigenvalue weighted by atomic mass is 19.4. The van der Waals surface area contributed by atoms with Crippen molar-refractivity contribution in [3.8, 4) is 0 Å². The van der Waals surface area contributed by atoms with Crippen molar-refractivity contribution in [2.75, 3.05) is 12.3 Å². The van der Waals surface area contributed by atoms with Gasteiger partial charge < -0.3 is 10.6 Å². The summed E-state index contributed by atoms with van der Waals surface area (Å²) in [6.45, 7) is 3.58. The number of alkyl halides is 3. The predicted molar refractivity (Wildman–Crippen MR) is 67.8 cm³/mol. The largest absolute Gasteiger partial charge is 0.406 e. The number of carbonyl (C=O) groups excluding carboxylic acids is 1. The molecule has 0 unspecified atom stereocenters. The Morgan fingerprint density at radius 3 is 2.37 bits per heavy atom. The zero-order valence-corrected chi connectivity index (χ0v) is 11.1. The van der Waals surface area contributed by atoms with Crippen molar-refractivity contribution in [1.82, 2.24) is 4.90 Å². The molecule has 1 amide bonds. The first-order valence-corrected chi connectivity index (χ1v) is 5.85. The van der Waals surface area contributed by atoms with Gasteiger partial charge in [0.15, 0.2) is 0 Å². The zero-order chi connectivity index (χ0) is 14.8. The number of benzene rings is 1. The van der Waals surface area contributed by atoms with Gasteiger partial charge in [0.05, 0.1) is 5.56 Å². The molecule has 1 rings (SSSR count). The zero-order valence-electron chi connectivity index (χ0n) is 11.1. The Balaban J connectivity index is 3.06. The van der Waals surface area contributed by atoms with Crippen LogP contribution in [0.5, 0.6) is 0 Å². The Morgan fingerprint density at radius 2 is 1.95 bits per heavy atom. The molecular formula is C13H17F3N2O. The molecule has 0 radical (unpaired) electrons. The highest BCUT2D eigenvalue weighted by molar-refractivity contribution is 5.99. The van der Waals surface area contributed by atoms with Crippen molar-refractivity contribution in [3.05, 3.63) is 29.3 Å². The van der Waals surface area contributed by atoms with Crippen LogP contribution in [0.4, 0.5) is 18.9 Å². The number of carbonyl (C=O) groups is 1. The lowest BCUT2D eigenvalue weighted by molar-refractivity contribution is -0.143. The maximum absolute atomic E-state index is 12.5. The van der Waals surface area contributed by atoms with E-state index in [-0.39, 0.29) is 11.3 Å². The maximum Gasteiger partial charge on any atom is 0.406 e. The van der Waals surface area contributed by atoms with Crippen LogP contribution in [-0.2, 0) is 0 Å². The molecule has 6 heteroatoms. The van der Waals surface area contributed by atoms with Crippen LogP contribution >= 0.6 is 0 Å². The molecule has 0 aliphatic heterocycles. The second kappa shape index (κ2) is 5.50. The first-order chi connectivity index (χ1) is 8.61. The second-order valence-electron chi connectivity index (χ2n) is 4.73. The minimum absolute atomic E-state index is 0.101. The van der Waals surface area contributed by atoms with E-state index < -0.39 is 24.7 Å². The van der Waals surface area contributed by atoms with Gasteiger partial charge in [0.2, 0.25) is 0 Å². The monoisotopic (exact) mass is 274 g/mol. The summed E-state index contributed by atoms with van der Waals surface area (Å²) in [5, 5.41) is 0. The van der Waals surface area contributed by atoms with E-state index >= 15 is 0 Å². The third kappa shape index (κ3) is 4.15. The predicted octanol–water partition coefficient (Wildman–Crippen LogP) is 2.99. The average Bonchev–Trinajstić information content (AvgIpc) is 2.23. The summed E-state index contributed by atoms with van der Waals surface area (Å²) < 4.78 is 37.4. The molecule has 3 nitrogen and oxygen atoms in total. The molecular weight excluding hydrogens is 257 g/mol. The van der Waals surface area contributed by atoms with Crippen LogP contribution in [0.15, 0.2) is 18.2 Å². The number of amides is 1. The number of halogens is 3. The molecule has 2 N–H and O–H groups in total. The van der Waals surface area contributed by atoms with E-state index in [4.69, 9.17) is 5.73 Å². The topological polar surface area (TPSA) is 46.3 Å². The van der Waals surface area contributed by atoms with Crippen molar-refractivity contribution >= 4 is 11.6 Å². The standard InChI is InChI=1S/C13H17F3N2O/c1-8(2)18(7-13(14,15)16)12(19)10-5-4-9(3)6-11(10)17/h4-6,8H,7,17H2,1-3H3. The van der Waals surface area contributed by atoms with Crippen molar-refractivity contribution in [1.29, 1.82) is 0 Å². The molecule has 0 saturated carbocycles. The molecule has 0 spiro atoms. The van der Waals surface area contributed by atoms with E-state index in [1.165, 1.54) is 19.9 Å². The first kappa shape index (κ1) is 15.3. The van der Waals surface area contributed by atoms with Gasteiger partial charge in [0.1, 0.15) is 6.54 Å². The summed E-state index contributed by atoms with van der Waals surface area (Å²) in [5.74, 6) is -0.704. The second-order valence-corrected chi connectivity index (χ2v) is 4.73. The SMILES string of the molecule is Cc1ccc(C(=O)N(CC(F)(F)F)C(C)C)c(N)c1. The van der Waals surface area contributed by atoms with Gasteiger partial charge in [-0.05, 0) is 38.5 Å². The molecule has 0 fully saturated rings. The van der Waals surface area contributed by atoms with Gasteiger partial charge >= 0.3 is 6.18 Å². The molecule has 1 aromatic rings. The van der Waals surface area contributed by atoms with Crippen LogP contribution in [0, 0.1) is 6.92 Å². The van der Waals surface area contributed by atoms with E-state index in [1.54, 1.807) is 19.1 Å². The van der Waals surface area contributed by atoms with Crippen LogP contribution in [-0.4, -0.2) is 29.6 Å². The Labute approximate surface area is 110 Å². The Morgan fingerprint density at radius 1 is 1.37 bits per heavy atom. The lowest BCUT2D eigenvalue weighted by atomic mass is 10.1. The highest BCUT2D eigenvalue weighted by Crippen LogP contribution is 2.22. The lowest BCUT2D eigenvalue weighted by Crippen LogP contribution is -2.43. The van der Waals surface area contributed by atoms with Crippen LogP contribution in [0.2, 0.25) is 0 Å². The quantitative estimate of drug-likeness (QED) is 0.861. The van der Waals surface area contributed by atoms with Gasteiger partial charge in [-0.2, -0.15) is 13.2 Å². The fourth-order valence-electron chi connectivity index (χ4n) is 1.71. The molecule has 0 aliphatic carbocycles. The summed E-state index contributed by atoms with van der Waals surface area (Å²) >= 11 is 0. The van der Waals surface area contributed by atoms with Gasteiger partial charge in [0, 0.05) is 11.7 Å². The number of aryl methyl sites for hydroxylation is 1. The van der Waals surface area contributed by atoms with E-state index in [2.05, 4.69) is 0 Å². The third-order valence-corrected chi connectivity index (χ3v) is 2.67. The number of nitrogens with zero attached hydrogens (tertiary/aromatic N) is 1. The summed E-state index contributed by atoms with van der Waals surface area (Å²) in [4.78, 5) is 12.9. The minimum atomic E-state index is -4.43. The van der Waals surface area contributed by atoms with Gasteiger partial charge in [-0.25, -0.2) is 0 Å². The number of nitrogens with two attached hydrogens (primary N) is 1. The maximum atomic E-state index is 12.5. The molecule has 0 saturated heterocycles. The van der Waals surface area contributed by atoms with Crippen LogP contribution in [0.3, 0.4) is 0 Å². The summed E-state index contributed by atoms with van der Waals surface area (Å²) in [7, 11) is 0. The van der Waals surface area contributed by atoms with Crippen molar-refractivity contribution in [3.63, 3.8) is 0 Å². The van der Waals surface area contributed by atoms with E-state index in [1.807, 2.05) is 0 Å². The van der Waals surface area contributed by atoms with Crippen molar-refractivity contribution < 1.29 is 18.0 Å². The normalized spacial score (nSPS) is 11.7. The van der Waals surface area contributed by atoms with Crippen LogP contribution < -0.4 is 5.73 Å². The molecule has 19 heavy (non-hydrogen) atoms. The summed E-state index contributed by atoms with van der Waals surface area (Å²) in [6.07, 6.45) is -4.43. The Kier molecular flexibility index (Phi) is 4.44. The third-order valence-electron chi connectivity index (χ3n) is 2.67. The lowest BCUT2D eigenvalue weighted by Gasteiger charge is -2.28. The first-order valence-electron chi connectivity index (χ1n) is 5.85. The van der Waals surface area contributed by atoms with Crippen LogP contribution in [0.1, 0.15) is 29.8 Å². The Bertz CT molecular complexity index is 469. The Hall–Kier alpha value is -1.72. The highest BCUT2D eigenvalue weighted by Gasteiger charge is 2.34. The molecule has 106 valence electrons. The summed E-state index contributed by atoms with van der Waals surface area (Å²) in [6, 6.07) is 4.11. The number of hydrogen-bond acceptors (Lipinski definition) is 2. The van der Waals surface area contributed by atoms with Gasteiger partial charge in [-0.15, -0.1) is 0 Å². The van der Waals surface area contributed by atoms with Gasteiger partial charge in [-0.3, -0.25) is 4.79 Å². The van der Waals surface area contributed by atoms with Gasteiger partial charge in [0.25, 0.3) is 5.91 Å². The number of nitrogen functional groups attached to an aromatic ring is 1. The van der Waals surface area contributed by atoms with Crippen molar-refractivity contribution in [2.45, 2.75) is 33.0 Å². The van der Waals surface area contributed by atoms with E-state index in [0.717, 1.165) is 10.5 Å². The number of anilines is 1. The van der Waals surface area contributed by atoms with Crippen LogP contribution in [0.25, 0.3) is 0 Å². The van der Waals surface area contributed by atoms with E-state index in [9.17, 15) is 18.0 Å². The number of hydrogen-bond donors (Lipinski definition) is 1. The van der Waals surface area contributed by atoms with Gasteiger partial charge in [-0.1, -0.05) is 6.07 Å². The molecule has 0 bridgehead atoms. The molecule has 1 aromatic carbocycles. The van der Waals surface area contributed by atoms with Crippen molar-refractivity contribution in [2.24, 2.45) is 0 Å². The van der Waals surface area contributed by atoms with E-state index in [0.29, 0.717) is 0 Å². The molecule has 0 aliphatic rings.